The number of morpholine rings is 1. The molecule has 1 aliphatic carbocycles. The number of carbonyl (C=O) groups excluding carboxylic acids is 1. The number of nitrogens with zero attached hydrogens (tertiary/aromatic N) is 5. The van der Waals surface area contributed by atoms with Crippen LogP contribution in [0.4, 0.5) is 10.9 Å². The zero-order valence-electron chi connectivity index (χ0n) is 22.7. The van der Waals surface area contributed by atoms with Crippen molar-refractivity contribution in [3.8, 4) is 10.4 Å². The van der Waals surface area contributed by atoms with Crippen molar-refractivity contribution in [3.05, 3.63) is 56.3 Å². The van der Waals surface area contributed by atoms with Gasteiger partial charge in [0.05, 0.1) is 33.3 Å². The fourth-order valence-corrected chi connectivity index (χ4v) is 9.29. The lowest BCUT2D eigenvalue weighted by Crippen LogP contribution is -2.43. The summed E-state index contributed by atoms with van der Waals surface area (Å²) in [6.45, 7) is 2.88. The number of primary amides is 1. The summed E-state index contributed by atoms with van der Waals surface area (Å²) in [4.78, 5) is 34.8. The van der Waals surface area contributed by atoms with Gasteiger partial charge in [-0.3, -0.25) is 14.0 Å². The smallest absolute Gasteiger partial charge is 0.254 e. The van der Waals surface area contributed by atoms with Gasteiger partial charge >= 0.3 is 0 Å². The quantitative estimate of drug-likeness (QED) is 0.247. The van der Waals surface area contributed by atoms with E-state index in [0.717, 1.165) is 68.5 Å². The lowest BCUT2D eigenvalue weighted by molar-refractivity contribution is 0.1000. The Kier molecular flexibility index (Phi) is 7.40. The minimum atomic E-state index is -0.600. The monoisotopic (exact) mass is 622 g/mol. The first-order valence-corrected chi connectivity index (χ1v) is 16.5. The average molecular weight is 623 g/mol. The topological polar surface area (TPSA) is 154 Å². The molecule has 1 saturated heterocycles. The molecule has 2 atom stereocenters. The van der Waals surface area contributed by atoms with E-state index in [9.17, 15) is 9.59 Å². The Morgan fingerprint density at radius 3 is 2.79 bits per heavy atom. The van der Waals surface area contributed by atoms with E-state index in [1.165, 1.54) is 17.7 Å². The van der Waals surface area contributed by atoms with Gasteiger partial charge in [-0.05, 0) is 25.0 Å². The highest BCUT2D eigenvalue weighted by Gasteiger charge is 2.26. The first-order chi connectivity index (χ1) is 20.5. The molecule has 5 N–H and O–H groups in total. The van der Waals surface area contributed by atoms with Gasteiger partial charge in [-0.15, -0.1) is 44.2 Å². The number of fused-ring (bicyclic) bond motifs is 2. The third kappa shape index (κ3) is 5.07. The molecule has 2 aliphatic rings. The molecule has 0 aromatic carbocycles. The first-order valence-electron chi connectivity index (χ1n) is 14.0. The normalized spacial score (nSPS) is 19.5. The Hall–Kier alpha value is -3.43. The molecule has 0 spiro atoms. The molecule has 5 aromatic rings. The first kappa shape index (κ1) is 27.4. The summed E-state index contributed by atoms with van der Waals surface area (Å²) >= 11 is 4.76. The summed E-state index contributed by atoms with van der Waals surface area (Å²) in [7, 11) is 0. The van der Waals surface area contributed by atoms with Crippen molar-refractivity contribution >= 4 is 65.9 Å². The van der Waals surface area contributed by atoms with Crippen LogP contribution in [-0.2, 0) is 11.2 Å². The summed E-state index contributed by atoms with van der Waals surface area (Å²) in [5.74, 6) is -0.0455. The zero-order valence-corrected chi connectivity index (χ0v) is 25.2. The number of nitrogens with two attached hydrogens (primary N) is 2. The van der Waals surface area contributed by atoms with E-state index >= 15 is 0 Å². The van der Waals surface area contributed by atoms with Gasteiger partial charge < -0.3 is 26.4 Å². The number of carbonyl (C=O) groups is 1. The van der Waals surface area contributed by atoms with Crippen molar-refractivity contribution in [2.45, 2.75) is 44.2 Å². The summed E-state index contributed by atoms with van der Waals surface area (Å²) in [5.41, 5.74) is 14.5. The lowest BCUT2D eigenvalue weighted by atomic mass is 9.91. The van der Waals surface area contributed by atoms with Gasteiger partial charge in [0.1, 0.15) is 11.9 Å². The Balaban J connectivity index is 1.23. The maximum Gasteiger partial charge on any atom is 0.254 e. The number of amides is 1. The molecule has 7 rings (SSSR count). The molecule has 11 nitrogen and oxygen atoms in total. The van der Waals surface area contributed by atoms with Crippen LogP contribution in [0.3, 0.4) is 0 Å². The predicted octanol–water partition coefficient (Wildman–Crippen LogP) is 3.70. The Morgan fingerprint density at radius 2 is 1.98 bits per heavy atom. The molecular formula is C28H30N8O3S3. The molecule has 1 aliphatic heterocycles. The Labute approximate surface area is 253 Å². The van der Waals surface area contributed by atoms with Crippen LogP contribution in [0, 0.1) is 0 Å². The molecule has 6 heterocycles. The van der Waals surface area contributed by atoms with Crippen LogP contribution in [0.5, 0.6) is 0 Å². The number of nitrogens with one attached hydrogen (secondary N) is 1. The molecule has 42 heavy (non-hydrogen) atoms. The molecular weight excluding hydrogens is 593 g/mol. The van der Waals surface area contributed by atoms with Crippen LogP contribution >= 0.6 is 34.0 Å². The minimum absolute atomic E-state index is 0.0195. The third-order valence-electron chi connectivity index (χ3n) is 7.93. The number of anilines is 2. The van der Waals surface area contributed by atoms with Crippen molar-refractivity contribution in [2.24, 2.45) is 11.5 Å². The minimum Gasteiger partial charge on any atom is -0.378 e. The van der Waals surface area contributed by atoms with Crippen LogP contribution in [0.25, 0.3) is 25.5 Å². The fraction of sp³-hybridized carbons (Fsp3) is 0.393. The SMILES string of the molecule is NC(=O)c1c(Cc2ccc(-c3csc4c(=O)cc(N5CCOCC5)sc34)s2)nc(N[C@H]2CCCC[C@H]2N)n2cnnc12. The maximum absolute atomic E-state index is 13.0. The second-order valence-electron chi connectivity index (χ2n) is 10.6. The van der Waals surface area contributed by atoms with E-state index in [1.807, 2.05) is 6.07 Å². The summed E-state index contributed by atoms with van der Waals surface area (Å²) in [5, 5.41) is 14.8. The standard InChI is InChI=1S/C28H30N8O3S3/c29-17-3-1-2-4-18(17)32-28-33-19(23(26(30)38)27-34-31-14-36(27)28)11-15-5-6-21(41-15)16-13-40-25-20(37)12-22(42-24(16)25)35-7-9-39-10-8-35/h5-6,12-14,17-18H,1-4,7-11,29H2,(H2,30,38)(H,32,33)/t17-,18+/m1/s1. The Morgan fingerprint density at radius 1 is 1.14 bits per heavy atom. The molecule has 0 unspecified atom stereocenters. The number of hydrogen-bond acceptors (Lipinski definition) is 12. The van der Waals surface area contributed by atoms with Crippen LogP contribution < -0.4 is 27.1 Å². The van der Waals surface area contributed by atoms with Gasteiger partial charge in [0, 0.05) is 58.4 Å². The molecule has 0 bridgehead atoms. The molecule has 5 aromatic heterocycles. The molecule has 2 fully saturated rings. The number of aromatic nitrogens is 4. The van der Waals surface area contributed by atoms with Gasteiger partial charge in [-0.2, -0.15) is 0 Å². The third-order valence-corrected chi connectivity index (χ3v) is 11.4. The van der Waals surface area contributed by atoms with Crippen LogP contribution in [-0.4, -0.2) is 63.9 Å². The number of ether oxygens (including phenoxy) is 1. The van der Waals surface area contributed by atoms with Crippen LogP contribution in [0.2, 0.25) is 0 Å². The fourth-order valence-electron chi connectivity index (χ4n) is 5.74. The van der Waals surface area contributed by atoms with Gasteiger partial charge in [-0.25, -0.2) is 4.98 Å². The van der Waals surface area contributed by atoms with E-state index in [1.54, 1.807) is 33.1 Å². The lowest BCUT2D eigenvalue weighted by Gasteiger charge is -2.30. The highest BCUT2D eigenvalue weighted by atomic mass is 32.1. The van der Waals surface area contributed by atoms with Gasteiger partial charge in [0.2, 0.25) is 5.95 Å². The molecule has 218 valence electrons. The molecule has 0 radical (unpaired) electrons. The van der Waals surface area contributed by atoms with E-state index in [0.29, 0.717) is 36.9 Å². The second kappa shape index (κ2) is 11.3. The van der Waals surface area contributed by atoms with Gasteiger partial charge in [0.15, 0.2) is 11.1 Å². The largest absolute Gasteiger partial charge is 0.378 e. The highest BCUT2D eigenvalue weighted by Crippen LogP contribution is 2.41. The van der Waals surface area contributed by atoms with Crippen molar-refractivity contribution in [1.82, 2.24) is 19.6 Å². The van der Waals surface area contributed by atoms with E-state index in [4.69, 9.17) is 21.2 Å². The summed E-state index contributed by atoms with van der Waals surface area (Å²) < 4.78 is 8.94. The van der Waals surface area contributed by atoms with Gasteiger partial charge in [0.25, 0.3) is 5.91 Å². The van der Waals surface area contributed by atoms with E-state index in [-0.39, 0.29) is 23.1 Å². The van der Waals surface area contributed by atoms with Crippen molar-refractivity contribution in [3.63, 3.8) is 0 Å². The molecule has 1 amide bonds. The van der Waals surface area contributed by atoms with Crippen LogP contribution in [0.15, 0.2) is 34.7 Å². The number of hydrogen-bond donors (Lipinski definition) is 3. The summed E-state index contributed by atoms with van der Waals surface area (Å²) in [6.07, 6.45) is 6.05. The predicted molar refractivity (Wildman–Crippen MR) is 168 cm³/mol. The zero-order chi connectivity index (χ0) is 28.8. The number of thiophene rings is 2. The maximum atomic E-state index is 13.0. The number of rotatable bonds is 7. The summed E-state index contributed by atoms with van der Waals surface area (Å²) in [6, 6.07) is 5.95. The molecule has 14 heteroatoms. The second-order valence-corrected chi connectivity index (χ2v) is 13.7. The average Bonchev–Trinajstić information content (AvgIpc) is 3.75. The van der Waals surface area contributed by atoms with Crippen LogP contribution in [0.1, 0.15) is 46.6 Å². The highest BCUT2D eigenvalue weighted by molar-refractivity contribution is 7.29. The Bertz CT molecular complexity index is 1840. The van der Waals surface area contributed by atoms with Gasteiger partial charge in [-0.1, -0.05) is 12.8 Å². The van der Waals surface area contributed by atoms with Crippen molar-refractivity contribution in [1.29, 1.82) is 0 Å². The van der Waals surface area contributed by atoms with E-state index in [2.05, 4.69) is 31.9 Å². The van der Waals surface area contributed by atoms with Crippen molar-refractivity contribution in [2.75, 3.05) is 36.5 Å². The van der Waals surface area contributed by atoms with E-state index < -0.39 is 5.91 Å². The molecule has 1 saturated carbocycles. The van der Waals surface area contributed by atoms with Crippen molar-refractivity contribution < 1.29 is 9.53 Å².